The van der Waals surface area contributed by atoms with Crippen molar-refractivity contribution in [3.63, 3.8) is 0 Å². The van der Waals surface area contributed by atoms with E-state index in [0.717, 1.165) is 18.2 Å². The molecular formula is C15H26N2. The molecule has 0 aliphatic rings. The van der Waals surface area contributed by atoms with E-state index in [-0.39, 0.29) is 0 Å². The summed E-state index contributed by atoms with van der Waals surface area (Å²) in [5, 5.41) is 3.53. The third kappa shape index (κ3) is 6.42. The second-order valence-electron chi connectivity index (χ2n) is 5.43. The van der Waals surface area contributed by atoms with Gasteiger partial charge in [-0.2, -0.15) is 0 Å². The molecule has 0 aliphatic carbocycles. The molecule has 0 radical (unpaired) electrons. The van der Waals surface area contributed by atoms with E-state index in [4.69, 9.17) is 0 Å². The van der Waals surface area contributed by atoms with Crippen molar-refractivity contribution in [2.45, 2.75) is 59.5 Å². The fourth-order valence-corrected chi connectivity index (χ4v) is 1.82. The lowest BCUT2D eigenvalue weighted by Crippen LogP contribution is -2.25. The van der Waals surface area contributed by atoms with Crippen LogP contribution in [0.4, 0.5) is 0 Å². The molecule has 2 nitrogen and oxygen atoms in total. The maximum atomic E-state index is 4.40. The first kappa shape index (κ1) is 14.2. The van der Waals surface area contributed by atoms with Gasteiger partial charge in [0, 0.05) is 18.8 Å². The Hall–Kier alpha value is -0.890. The van der Waals surface area contributed by atoms with Gasteiger partial charge in [0.25, 0.3) is 0 Å². The number of aryl methyl sites for hydroxylation is 1. The predicted octanol–water partition coefficient (Wildman–Crippen LogP) is 3.69. The summed E-state index contributed by atoms with van der Waals surface area (Å²) in [4.78, 5) is 4.40. The van der Waals surface area contributed by atoms with Crippen molar-refractivity contribution in [2.24, 2.45) is 5.92 Å². The third-order valence-corrected chi connectivity index (χ3v) is 3.02. The Kier molecular flexibility index (Phi) is 6.20. The fourth-order valence-electron chi connectivity index (χ4n) is 1.82. The summed E-state index contributed by atoms with van der Waals surface area (Å²) in [5.41, 5.74) is 2.35. The molecule has 96 valence electrons. The minimum Gasteiger partial charge on any atom is -0.309 e. The second kappa shape index (κ2) is 7.44. The zero-order valence-electron chi connectivity index (χ0n) is 11.7. The van der Waals surface area contributed by atoms with E-state index in [0.29, 0.717) is 6.04 Å². The van der Waals surface area contributed by atoms with Crippen LogP contribution in [0.3, 0.4) is 0 Å². The second-order valence-corrected chi connectivity index (χ2v) is 5.43. The maximum Gasteiger partial charge on any atom is 0.0541 e. The van der Waals surface area contributed by atoms with Crippen LogP contribution in [0.1, 0.15) is 51.3 Å². The van der Waals surface area contributed by atoms with Crippen molar-refractivity contribution < 1.29 is 0 Å². The molecule has 0 aliphatic heterocycles. The number of pyridine rings is 1. The van der Waals surface area contributed by atoms with E-state index < -0.39 is 0 Å². The van der Waals surface area contributed by atoms with Gasteiger partial charge in [-0.1, -0.05) is 32.8 Å². The summed E-state index contributed by atoms with van der Waals surface area (Å²) in [5.74, 6) is 0.820. The Balaban J connectivity index is 2.19. The molecule has 0 saturated carbocycles. The van der Waals surface area contributed by atoms with Crippen LogP contribution in [-0.4, -0.2) is 11.0 Å². The highest BCUT2D eigenvalue weighted by Crippen LogP contribution is 2.08. The lowest BCUT2D eigenvalue weighted by molar-refractivity contribution is 0.455. The maximum absolute atomic E-state index is 4.40. The summed E-state index contributed by atoms with van der Waals surface area (Å²) in [6.07, 6.45) is 5.83. The molecule has 1 unspecified atom stereocenters. The smallest absolute Gasteiger partial charge is 0.0541 e. The molecule has 2 heteroatoms. The van der Waals surface area contributed by atoms with Crippen LogP contribution in [0.25, 0.3) is 0 Å². The van der Waals surface area contributed by atoms with Crippen LogP contribution in [0.2, 0.25) is 0 Å². The van der Waals surface area contributed by atoms with Crippen molar-refractivity contribution in [2.75, 3.05) is 0 Å². The zero-order valence-corrected chi connectivity index (χ0v) is 11.7. The average Bonchev–Trinajstić information content (AvgIpc) is 2.28. The Morgan fingerprint density at radius 1 is 1.18 bits per heavy atom. The van der Waals surface area contributed by atoms with Gasteiger partial charge >= 0.3 is 0 Å². The average molecular weight is 234 g/mol. The van der Waals surface area contributed by atoms with Crippen LogP contribution in [0.5, 0.6) is 0 Å². The Bertz CT molecular complexity index is 303. The molecule has 1 aromatic rings. The van der Waals surface area contributed by atoms with E-state index in [1.807, 2.05) is 6.20 Å². The molecule has 0 fully saturated rings. The van der Waals surface area contributed by atoms with Gasteiger partial charge < -0.3 is 5.32 Å². The normalized spacial score (nSPS) is 13.0. The summed E-state index contributed by atoms with van der Waals surface area (Å²) in [7, 11) is 0. The first-order valence-electron chi connectivity index (χ1n) is 6.73. The third-order valence-electron chi connectivity index (χ3n) is 3.02. The van der Waals surface area contributed by atoms with Gasteiger partial charge in [0.1, 0.15) is 0 Å². The largest absolute Gasteiger partial charge is 0.309 e. The summed E-state index contributed by atoms with van der Waals surface area (Å²) in [6.45, 7) is 9.78. The Morgan fingerprint density at radius 3 is 2.53 bits per heavy atom. The molecule has 0 bridgehead atoms. The zero-order chi connectivity index (χ0) is 12.7. The first-order valence-corrected chi connectivity index (χ1v) is 6.73. The number of hydrogen-bond acceptors (Lipinski definition) is 2. The van der Waals surface area contributed by atoms with Crippen LogP contribution in [-0.2, 0) is 6.54 Å². The van der Waals surface area contributed by atoms with Crippen LogP contribution in [0, 0.1) is 12.8 Å². The summed E-state index contributed by atoms with van der Waals surface area (Å²) >= 11 is 0. The summed E-state index contributed by atoms with van der Waals surface area (Å²) in [6, 6.07) is 4.80. The lowest BCUT2D eigenvalue weighted by atomic mass is 10.0. The Morgan fingerprint density at radius 2 is 1.94 bits per heavy atom. The summed E-state index contributed by atoms with van der Waals surface area (Å²) < 4.78 is 0. The van der Waals surface area contributed by atoms with Gasteiger partial charge in [0.15, 0.2) is 0 Å². The number of rotatable bonds is 7. The van der Waals surface area contributed by atoms with Gasteiger partial charge in [0.05, 0.1) is 5.69 Å². The van der Waals surface area contributed by atoms with E-state index >= 15 is 0 Å². The molecule has 1 heterocycles. The van der Waals surface area contributed by atoms with Gasteiger partial charge in [-0.05, 0) is 37.8 Å². The SMILES string of the molecule is Cc1ccc(CNC(C)CCCC(C)C)nc1. The monoisotopic (exact) mass is 234 g/mol. The van der Waals surface area contributed by atoms with Crippen molar-refractivity contribution >= 4 is 0 Å². The van der Waals surface area contributed by atoms with E-state index in [9.17, 15) is 0 Å². The highest BCUT2D eigenvalue weighted by molar-refractivity contribution is 5.11. The van der Waals surface area contributed by atoms with Crippen molar-refractivity contribution in [3.05, 3.63) is 29.6 Å². The lowest BCUT2D eigenvalue weighted by Gasteiger charge is -2.14. The van der Waals surface area contributed by atoms with E-state index in [1.165, 1.54) is 24.8 Å². The topological polar surface area (TPSA) is 24.9 Å². The van der Waals surface area contributed by atoms with Gasteiger partial charge in [-0.15, -0.1) is 0 Å². The number of nitrogens with one attached hydrogen (secondary N) is 1. The fraction of sp³-hybridized carbons (Fsp3) is 0.667. The van der Waals surface area contributed by atoms with Crippen molar-refractivity contribution in [1.82, 2.24) is 10.3 Å². The van der Waals surface area contributed by atoms with Crippen molar-refractivity contribution in [1.29, 1.82) is 0 Å². The molecule has 1 atom stereocenters. The molecule has 0 aromatic carbocycles. The first-order chi connectivity index (χ1) is 8.08. The molecule has 17 heavy (non-hydrogen) atoms. The molecule has 1 rings (SSSR count). The van der Waals surface area contributed by atoms with Gasteiger partial charge in [-0.25, -0.2) is 0 Å². The van der Waals surface area contributed by atoms with Gasteiger partial charge in [0.2, 0.25) is 0 Å². The van der Waals surface area contributed by atoms with Crippen molar-refractivity contribution in [3.8, 4) is 0 Å². The molecule has 1 N–H and O–H groups in total. The van der Waals surface area contributed by atoms with Crippen LogP contribution < -0.4 is 5.32 Å². The molecule has 0 saturated heterocycles. The number of nitrogens with zero attached hydrogens (tertiary/aromatic N) is 1. The van der Waals surface area contributed by atoms with Crippen LogP contribution in [0.15, 0.2) is 18.3 Å². The minimum absolute atomic E-state index is 0.580. The standard InChI is InChI=1S/C15H26N2/c1-12(2)6-5-7-14(4)16-11-15-9-8-13(3)10-17-15/h8-10,12,14,16H,5-7,11H2,1-4H3. The number of hydrogen-bond donors (Lipinski definition) is 1. The Labute approximate surface area is 106 Å². The number of aromatic nitrogens is 1. The van der Waals surface area contributed by atoms with E-state index in [2.05, 4.69) is 50.1 Å². The van der Waals surface area contributed by atoms with Gasteiger partial charge in [-0.3, -0.25) is 4.98 Å². The molecule has 0 spiro atoms. The minimum atomic E-state index is 0.580. The molecular weight excluding hydrogens is 208 g/mol. The highest BCUT2D eigenvalue weighted by atomic mass is 14.9. The predicted molar refractivity (Wildman–Crippen MR) is 74.0 cm³/mol. The molecule has 1 aromatic heterocycles. The molecule has 0 amide bonds. The van der Waals surface area contributed by atoms with Crippen LogP contribution >= 0.6 is 0 Å². The highest BCUT2D eigenvalue weighted by Gasteiger charge is 2.03. The quantitative estimate of drug-likeness (QED) is 0.778. The van der Waals surface area contributed by atoms with E-state index in [1.54, 1.807) is 0 Å².